The molecule has 0 bridgehead atoms. The molecule has 9 nitrogen and oxygen atoms in total. The minimum Gasteiger partial charge on any atom is -0.497 e. The second kappa shape index (κ2) is 12.0. The Balaban J connectivity index is 2.52. The van der Waals surface area contributed by atoms with Crippen LogP contribution >= 0.6 is 0 Å². The van der Waals surface area contributed by atoms with Crippen molar-refractivity contribution in [3.63, 3.8) is 0 Å². The molecule has 0 aromatic heterocycles. The number of rotatable bonds is 9. The van der Waals surface area contributed by atoms with E-state index >= 15 is 0 Å². The minimum absolute atomic E-state index is 0.176. The summed E-state index contributed by atoms with van der Waals surface area (Å²) in [5.74, 6) is 1.05. The topological polar surface area (TPSA) is 113 Å². The zero-order chi connectivity index (χ0) is 23.5. The Morgan fingerprint density at radius 2 is 1.71 bits per heavy atom. The molecule has 31 heavy (non-hydrogen) atoms. The number of amides is 2. The van der Waals surface area contributed by atoms with Crippen LogP contribution in [0, 0.1) is 0 Å². The molecule has 0 radical (unpaired) electrons. The molecule has 1 rings (SSSR count). The normalized spacial score (nSPS) is 12.0. The number of ether oxygens (including phenoxy) is 2. The van der Waals surface area contributed by atoms with E-state index in [1.165, 1.54) is 0 Å². The van der Waals surface area contributed by atoms with E-state index in [-0.39, 0.29) is 5.91 Å². The van der Waals surface area contributed by atoms with Gasteiger partial charge in [0.2, 0.25) is 0 Å². The standard InChI is InChI=1S/C22H37N5O4/c1-8-23-19(26-15-22(5,6)27-20(29)31-21(2,3)4)25-13-12-24-18(28)16-10-9-11-17(14-16)30-7/h9-11,14H,8,12-13,15H2,1-7H3,(H,24,28)(H,27,29)(H2,23,25,26). The van der Waals surface area contributed by atoms with Crippen molar-refractivity contribution in [1.29, 1.82) is 0 Å². The molecule has 0 heterocycles. The van der Waals surface area contributed by atoms with Crippen LogP contribution in [0.15, 0.2) is 29.3 Å². The number of nitrogens with one attached hydrogen (secondary N) is 4. The van der Waals surface area contributed by atoms with Gasteiger partial charge in [0, 0.05) is 25.2 Å². The lowest BCUT2D eigenvalue weighted by atomic mass is 10.1. The van der Waals surface area contributed by atoms with Crippen LogP contribution in [0.1, 0.15) is 51.9 Å². The first-order chi connectivity index (χ1) is 14.5. The number of alkyl carbamates (subject to hydrolysis) is 1. The maximum atomic E-state index is 12.2. The Labute approximate surface area is 185 Å². The Morgan fingerprint density at radius 3 is 2.32 bits per heavy atom. The first-order valence-electron chi connectivity index (χ1n) is 10.4. The predicted molar refractivity (Wildman–Crippen MR) is 123 cm³/mol. The highest BCUT2D eigenvalue weighted by Crippen LogP contribution is 2.12. The number of nitrogens with zero attached hydrogens (tertiary/aromatic N) is 1. The molecule has 9 heteroatoms. The number of guanidine groups is 1. The number of hydrogen-bond donors (Lipinski definition) is 4. The van der Waals surface area contributed by atoms with Crippen LogP contribution in [0.4, 0.5) is 4.79 Å². The number of aliphatic imine (C=N–C) groups is 1. The van der Waals surface area contributed by atoms with Crippen molar-refractivity contribution in [2.24, 2.45) is 4.99 Å². The van der Waals surface area contributed by atoms with Crippen molar-refractivity contribution >= 4 is 18.0 Å². The number of carbonyl (C=O) groups excluding carboxylic acids is 2. The highest BCUT2D eigenvalue weighted by Gasteiger charge is 2.24. The SMILES string of the molecule is CCNC(=NCC(C)(C)NC(=O)OC(C)(C)C)NCCNC(=O)c1cccc(OC)c1. The maximum Gasteiger partial charge on any atom is 0.408 e. The van der Waals surface area contributed by atoms with Gasteiger partial charge in [-0.05, 0) is 59.7 Å². The fourth-order valence-corrected chi connectivity index (χ4v) is 2.46. The van der Waals surface area contributed by atoms with E-state index in [1.807, 2.05) is 41.5 Å². The second-order valence-electron chi connectivity index (χ2n) is 8.62. The quantitative estimate of drug-likeness (QED) is 0.269. The van der Waals surface area contributed by atoms with Crippen molar-refractivity contribution in [1.82, 2.24) is 21.3 Å². The van der Waals surface area contributed by atoms with Gasteiger partial charge in [0.25, 0.3) is 5.91 Å². The second-order valence-corrected chi connectivity index (χ2v) is 8.62. The van der Waals surface area contributed by atoms with E-state index in [0.29, 0.717) is 43.5 Å². The summed E-state index contributed by atoms with van der Waals surface area (Å²) in [5, 5.41) is 12.0. The number of benzene rings is 1. The first kappa shape index (κ1) is 26.1. The van der Waals surface area contributed by atoms with Crippen LogP contribution in [0.2, 0.25) is 0 Å². The molecule has 4 N–H and O–H groups in total. The summed E-state index contributed by atoms with van der Waals surface area (Å²) in [6.07, 6.45) is -0.481. The fraction of sp³-hybridized carbons (Fsp3) is 0.591. The molecule has 1 aromatic carbocycles. The van der Waals surface area contributed by atoms with Crippen LogP contribution in [0.3, 0.4) is 0 Å². The van der Waals surface area contributed by atoms with E-state index < -0.39 is 17.2 Å². The van der Waals surface area contributed by atoms with Crippen molar-refractivity contribution in [2.45, 2.75) is 52.7 Å². The van der Waals surface area contributed by atoms with Crippen LogP contribution in [0.5, 0.6) is 5.75 Å². The minimum atomic E-state index is -0.592. The molecule has 0 aliphatic heterocycles. The van der Waals surface area contributed by atoms with E-state index in [4.69, 9.17) is 9.47 Å². The lowest BCUT2D eigenvalue weighted by Crippen LogP contribution is -2.49. The molecule has 0 aliphatic rings. The highest BCUT2D eigenvalue weighted by molar-refractivity contribution is 5.94. The molecular weight excluding hydrogens is 398 g/mol. The molecule has 0 aliphatic carbocycles. The summed E-state index contributed by atoms with van der Waals surface area (Å²) < 4.78 is 10.4. The molecule has 0 saturated heterocycles. The summed E-state index contributed by atoms with van der Waals surface area (Å²) in [5.41, 5.74) is -0.615. The lowest BCUT2D eigenvalue weighted by molar-refractivity contribution is 0.0476. The van der Waals surface area contributed by atoms with Gasteiger partial charge in [0.05, 0.1) is 19.2 Å². The van der Waals surface area contributed by atoms with Gasteiger partial charge in [-0.3, -0.25) is 9.79 Å². The van der Waals surface area contributed by atoms with Crippen molar-refractivity contribution in [3.05, 3.63) is 29.8 Å². The van der Waals surface area contributed by atoms with Gasteiger partial charge in [-0.15, -0.1) is 0 Å². The Morgan fingerprint density at radius 1 is 1.03 bits per heavy atom. The maximum absolute atomic E-state index is 12.2. The highest BCUT2D eigenvalue weighted by atomic mass is 16.6. The van der Waals surface area contributed by atoms with Gasteiger partial charge in [0.15, 0.2) is 5.96 Å². The first-order valence-corrected chi connectivity index (χ1v) is 10.4. The summed E-state index contributed by atoms with van der Waals surface area (Å²) in [7, 11) is 1.56. The van der Waals surface area contributed by atoms with E-state index in [9.17, 15) is 9.59 Å². The third-order valence-electron chi connectivity index (χ3n) is 3.85. The fourth-order valence-electron chi connectivity index (χ4n) is 2.46. The van der Waals surface area contributed by atoms with Gasteiger partial charge in [-0.1, -0.05) is 6.07 Å². The molecule has 0 atom stereocenters. The van der Waals surface area contributed by atoms with Crippen LogP contribution in [-0.4, -0.2) is 62.4 Å². The van der Waals surface area contributed by atoms with Gasteiger partial charge in [0.1, 0.15) is 11.4 Å². The third-order valence-corrected chi connectivity index (χ3v) is 3.85. The van der Waals surface area contributed by atoms with Crippen molar-refractivity contribution in [3.8, 4) is 5.75 Å². The molecule has 174 valence electrons. The monoisotopic (exact) mass is 435 g/mol. The lowest BCUT2D eigenvalue weighted by Gasteiger charge is -2.27. The summed E-state index contributed by atoms with van der Waals surface area (Å²) >= 11 is 0. The summed E-state index contributed by atoms with van der Waals surface area (Å²) in [6, 6.07) is 6.98. The molecule has 1 aromatic rings. The van der Waals surface area contributed by atoms with Crippen LogP contribution in [0.25, 0.3) is 0 Å². The molecule has 0 saturated carbocycles. The average Bonchev–Trinajstić information content (AvgIpc) is 2.67. The van der Waals surface area contributed by atoms with Crippen molar-refractivity contribution < 1.29 is 19.1 Å². The van der Waals surface area contributed by atoms with Gasteiger partial charge >= 0.3 is 6.09 Å². The molecule has 0 spiro atoms. The summed E-state index contributed by atoms with van der Waals surface area (Å²) in [4.78, 5) is 28.8. The molecule has 2 amide bonds. The zero-order valence-electron chi connectivity index (χ0n) is 19.7. The van der Waals surface area contributed by atoms with Crippen LogP contribution in [-0.2, 0) is 4.74 Å². The third kappa shape index (κ3) is 11.1. The van der Waals surface area contributed by atoms with Crippen molar-refractivity contribution in [2.75, 3.05) is 33.3 Å². The number of hydrogen-bond acceptors (Lipinski definition) is 5. The van der Waals surface area contributed by atoms with Gasteiger partial charge in [-0.25, -0.2) is 4.79 Å². The summed E-state index contributed by atoms with van der Waals surface area (Å²) in [6.45, 7) is 13.1. The Kier molecular flexibility index (Phi) is 10.1. The van der Waals surface area contributed by atoms with Gasteiger partial charge in [-0.2, -0.15) is 0 Å². The number of methoxy groups -OCH3 is 1. The molecule has 0 unspecified atom stereocenters. The number of carbonyl (C=O) groups is 2. The smallest absolute Gasteiger partial charge is 0.408 e. The zero-order valence-corrected chi connectivity index (χ0v) is 19.7. The Bertz CT molecular complexity index is 757. The largest absolute Gasteiger partial charge is 0.497 e. The van der Waals surface area contributed by atoms with E-state index in [2.05, 4.69) is 26.3 Å². The van der Waals surface area contributed by atoms with E-state index in [1.54, 1.807) is 31.4 Å². The van der Waals surface area contributed by atoms with E-state index in [0.717, 1.165) is 0 Å². The molecule has 0 fully saturated rings. The van der Waals surface area contributed by atoms with Gasteiger partial charge < -0.3 is 30.7 Å². The predicted octanol–water partition coefficient (Wildman–Crippen LogP) is 2.28. The molecular formula is C22H37N5O4. The average molecular weight is 436 g/mol. The van der Waals surface area contributed by atoms with Crippen LogP contribution < -0.4 is 26.0 Å². The Hall–Kier alpha value is -2.97.